The highest BCUT2D eigenvalue weighted by molar-refractivity contribution is 5.94. The first-order chi connectivity index (χ1) is 15.6. The van der Waals surface area contributed by atoms with Gasteiger partial charge in [-0.25, -0.2) is 9.97 Å². The number of amides is 1. The third kappa shape index (κ3) is 5.50. The Balaban J connectivity index is 1.34. The van der Waals surface area contributed by atoms with Crippen LogP contribution in [-0.2, 0) is 0 Å². The first-order valence-corrected chi connectivity index (χ1v) is 12.0. The summed E-state index contributed by atoms with van der Waals surface area (Å²) in [6.07, 6.45) is 5.90. The molecule has 0 radical (unpaired) electrons. The van der Waals surface area contributed by atoms with Crippen LogP contribution >= 0.6 is 0 Å². The number of unbranched alkanes of at least 4 members (excludes halogenated alkanes) is 1. The van der Waals surface area contributed by atoms with E-state index in [1.165, 1.54) is 19.3 Å². The zero-order valence-corrected chi connectivity index (χ0v) is 19.4. The van der Waals surface area contributed by atoms with Gasteiger partial charge in [0.15, 0.2) is 0 Å². The second kappa shape index (κ2) is 10.7. The number of aryl methyl sites for hydroxylation is 1. The molecule has 0 bridgehead atoms. The lowest BCUT2D eigenvalue weighted by Crippen LogP contribution is -2.49. The minimum absolute atomic E-state index is 0.0811. The molecule has 0 atom stereocenters. The van der Waals surface area contributed by atoms with E-state index in [1.807, 2.05) is 36.1 Å². The average Bonchev–Trinajstić information content (AvgIpc) is 2.84. The maximum absolute atomic E-state index is 13.0. The summed E-state index contributed by atoms with van der Waals surface area (Å²) in [6, 6.07) is 9.65. The number of carbonyl (C=O) groups is 1. The number of piperazine rings is 1. The molecule has 2 aromatic rings. The van der Waals surface area contributed by atoms with Gasteiger partial charge in [0.2, 0.25) is 0 Å². The highest BCUT2D eigenvalue weighted by atomic mass is 16.5. The molecule has 2 aliphatic heterocycles. The Labute approximate surface area is 191 Å². The van der Waals surface area contributed by atoms with E-state index in [2.05, 4.69) is 27.8 Å². The van der Waals surface area contributed by atoms with E-state index >= 15 is 0 Å². The molecule has 7 heteroatoms. The normalized spacial score (nSPS) is 16.9. The zero-order valence-electron chi connectivity index (χ0n) is 19.4. The topological polar surface area (TPSA) is 61.8 Å². The fourth-order valence-corrected chi connectivity index (χ4v) is 4.33. The smallest absolute Gasteiger partial charge is 0.253 e. The molecule has 3 heterocycles. The van der Waals surface area contributed by atoms with E-state index < -0.39 is 0 Å². The second-order valence-corrected chi connectivity index (χ2v) is 8.68. The monoisotopic (exact) mass is 437 g/mol. The van der Waals surface area contributed by atoms with Crippen LogP contribution in [0.1, 0.15) is 55.2 Å². The second-order valence-electron chi connectivity index (χ2n) is 8.68. The van der Waals surface area contributed by atoms with E-state index in [0.29, 0.717) is 25.3 Å². The molecule has 0 saturated carbocycles. The maximum atomic E-state index is 13.0. The van der Waals surface area contributed by atoms with Gasteiger partial charge in [-0.1, -0.05) is 13.3 Å². The molecule has 2 saturated heterocycles. The van der Waals surface area contributed by atoms with Crippen LogP contribution in [0.2, 0.25) is 0 Å². The minimum atomic E-state index is 0.0811. The molecular weight excluding hydrogens is 402 g/mol. The Kier molecular flexibility index (Phi) is 7.45. The van der Waals surface area contributed by atoms with Crippen molar-refractivity contribution in [3.8, 4) is 5.75 Å². The molecule has 4 rings (SSSR count). The third-order valence-electron chi connectivity index (χ3n) is 6.25. The fraction of sp³-hybridized carbons (Fsp3) is 0.560. The highest BCUT2D eigenvalue weighted by Crippen LogP contribution is 2.24. The van der Waals surface area contributed by atoms with Crippen LogP contribution in [0.5, 0.6) is 5.75 Å². The van der Waals surface area contributed by atoms with Crippen LogP contribution in [0.3, 0.4) is 0 Å². The van der Waals surface area contributed by atoms with Gasteiger partial charge in [0.05, 0.1) is 6.61 Å². The lowest BCUT2D eigenvalue weighted by molar-refractivity contribution is 0.0746. The van der Waals surface area contributed by atoms with Crippen LogP contribution in [0.4, 0.5) is 11.6 Å². The Morgan fingerprint density at radius 2 is 1.53 bits per heavy atom. The van der Waals surface area contributed by atoms with Crippen LogP contribution in [0, 0.1) is 6.92 Å². The van der Waals surface area contributed by atoms with Gasteiger partial charge in [0.25, 0.3) is 5.91 Å². The number of aromatic nitrogens is 2. The van der Waals surface area contributed by atoms with Gasteiger partial charge in [-0.05, 0) is 56.9 Å². The van der Waals surface area contributed by atoms with Gasteiger partial charge in [0, 0.05) is 50.9 Å². The molecular formula is C25H35N5O2. The van der Waals surface area contributed by atoms with Crippen molar-refractivity contribution in [2.45, 2.75) is 46.0 Å². The number of ether oxygens (including phenoxy) is 1. The van der Waals surface area contributed by atoms with E-state index in [-0.39, 0.29) is 5.91 Å². The summed E-state index contributed by atoms with van der Waals surface area (Å²) in [5, 5.41) is 0. The van der Waals surface area contributed by atoms with E-state index in [0.717, 1.165) is 62.2 Å². The lowest BCUT2D eigenvalue weighted by atomic mass is 10.1. The van der Waals surface area contributed by atoms with E-state index in [4.69, 9.17) is 9.72 Å². The van der Waals surface area contributed by atoms with Gasteiger partial charge in [-0.3, -0.25) is 4.79 Å². The summed E-state index contributed by atoms with van der Waals surface area (Å²) in [5.74, 6) is 3.72. The quantitative estimate of drug-likeness (QED) is 0.612. The molecule has 172 valence electrons. The molecule has 2 aliphatic rings. The molecule has 0 spiro atoms. The number of rotatable bonds is 7. The van der Waals surface area contributed by atoms with Crippen LogP contribution in [0.25, 0.3) is 0 Å². The van der Waals surface area contributed by atoms with Crippen molar-refractivity contribution in [3.05, 3.63) is 41.7 Å². The summed E-state index contributed by atoms with van der Waals surface area (Å²) in [6.45, 7) is 9.90. The standard InChI is InChI=1S/C25H35N5O2/c1-3-4-18-32-22-10-8-21(9-11-22)25(31)30-16-14-29(15-17-30)24-19-23(26-20(2)27-24)28-12-6-5-7-13-28/h8-11,19H,3-7,12-18H2,1-2H3. The van der Waals surface area contributed by atoms with Crippen molar-refractivity contribution >= 4 is 17.5 Å². The van der Waals surface area contributed by atoms with Crippen LogP contribution in [-0.4, -0.2) is 66.7 Å². The van der Waals surface area contributed by atoms with Gasteiger partial charge >= 0.3 is 0 Å². The van der Waals surface area contributed by atoms with E-state index in [1.54, 1.807) is 0 Å². The molecule has 0 unspecified atom stereocenters. The summed E-state index contributed by atoms with van der Waals surface area (Å²) in [4.78, 5) is 28.9. The summed E-state index contributed by atoms with van der Waals surface area (Å²) < 4.78 is 5.71. The van der Waals surface area contributed by atoms with Crippen molar-refractivity contribution in [2.24, 2.45) is 0 Å². The SMILES string of the molecule is CCCCOc1ccc(C(=O)N2CCN(c3cc(N4CCCCC4)nc(C)n3)CC2)cc1. The zero-order chi connectivity index (χ0) is 22.3. The Morgan fingerprint density at radius 3 is 2.16 bits per heavy atom. The summed E-state index contributed by atoms with van der Waals surface area (Å²) >= 11 is 0. The highest BCUT2D eigenvalue weighted by Gasteiger charge is 2.24. The van der Waals surface area contributed by atoms with Gasteiger partial charge in [-0.2, -0.15) is 0 Å². The first kappa shape index (κ1) is 22.4. The molecule has 32 heavy (non-hydrogen) atoms. The molecule has 1 aromatic heterocycles. The first-order valence-electron chi connectivity index (χ1n) is 12.0. The average molecular weight is 438 g/mol. The van der Waals surface area contributed by atoms with Gasteiger partial charge in [-0.15, -0.1) is 0 Å². The Morgan fingerprint density at radius 1 is 0.906 bits per heavy atom. The predicted molar refractivity (Wildman–Crippen MR) is 128 cm³/mol. The summed E-state index contributed by atoms with van der Waals surface area (Å²) in [7, 11) is 0. The third-order valence-corrected chi connectivity index (χ3v) is 6.25. The minimum Gasteiger partial charge on any atom is -0.494 e. The number of anilines is 2. The largest absolute Gasteiger partial charge is 0.494 e. The lowest BCUT2D eigenvalue weighted by Gasteiger charge is -2.36. The number of benzene rings is 1. The number of piperidine rings is 1. The molecule has 0 aliphatic carbocycles. The van der Waals surface area contributed by atoms with E-state index in [9.17, 15) is 4.79 Å². The van der Waals surface area contributed by atoms with Crippen molar-refractivity contribution in [1.29, 1.82) is 0 Å². The van der Waals surface area contributed by atoms with Crippen LogP contribution in [0.15, 0.2) is 30.3 Å². The number of hydrogen-bond acceptors (Lipinski definition) is 6. The number of nitrogens with zero attached hydrogens (tertiary/aromatic N) is 5. The van der Waals surface area contributed by atoms with Crippen molar-refractivity contribution in [1.82, 2.24) is 14.9 Å². The Bertz CT molecular complexity index is 888. The molecule has 7 nitrogen and oxygen atoms in total. The van der Waals surface area contributed by atoms with Crippen molar-refractivity contribution < 1.29 is 9.53 Å². The van der Waals surface area contributed by atoms with Gasteiger partial charge in [0.1, 0.15) is 23.2 Å². The molecule has 1 aromatic carbocycles. The molecule has 2 fully saturated rings. The maximum Gasteiger partial charge on any atom is 0.253 e. The fourth-order valence-electron chi connectivity index (χ4n) is 4.33. The predicted octanol–water partition coefficient (Wildman–Crippen LogP) is 3.92. The number of carbonyl (C=O) groups excluding carboxylic acids is 1. The number of hydrogen-bond donors (Lipinski definition) is 0. The molecule has 0 N–H and O–H groups in total. The Hall–Kier alpha value is -2.83. The summed E-state index contributed by atoms with van der Waals surface area (Å²) in [5.41, 5.74) is 0.714. The molecule has 1 amide bonds. The van der Waals surface area contributed by atoms with Crippen molar-refractivity contribution in [2.75, 3.05) is 55.7 Å². The van der Waals surface area contributed by atoms with Gasteiger partial charge < -0.3 is 19.4 Å². The van der Waals surface area contributed by atoms with Crippen LogP contribution < -0.4 is 14.5 Å². The van der Waals surface area contributed by atoms with Crippen molar-refractivity contribution in [3.63, 3.8) is 0 Å².